The molecule has 2 heterocycles. The van der Waals surface area contributed by atoms with Crippen LogP contribution in [0.15, 0.2) is 77.2 Å². The summed E-state index contributed by atoms with van der Waals surface area (Å²) in [4.78, 5) is 12.4. The SMILES string of the molecule is Cc1cc(C)n(CCCNC(=O)c2ccc(COc3ccc(C(C)(C)c4ccccc4)cc3)o2)n1. The molecule has 6 heteroatoms. The van der Waals surface area contributed by atoms with E-state index >= 15 is 0 Å². The van der Waals surface area contributed by atoms with Gasteiger partial charge in [-0.3, -0.25) is 9.48 Å². The lowest BCUT2D eigenvalue weighted by Gasteiger charge is -2.26. The van der Waals surface area contributed by atoms with Crippen LogP contribution in [0.3, 0.4) is 0 Å². The standard InChI is InChI=1S/C29H33N3O3/c1-21-19-22(2)32(31-21)18-8-17-30-28(33)27-16-15-26(35-27)20-34-25-13-11-24(12-14-25)29(3,4)23-9-6-5-7-10-23/h5-7,9-16,19H,8,17-18,20H2,1-4H3,(H,30,33). The summed E-state index contributed by atoms with van der Waals surface area (Å²) in [5.74, 6) is 1.42. The van der Waals surface area contributed by atoms with Gasteiger partial charge in [0, 0.05) is 24.2 Å². The highest BCUT2D eigenvalue weighted by molar-refractivity contribution is 5.91. The summed E-state index contributed by atoms with van der Waals surface area (Å²) in [6.07, 6.45) is 0.793. The van der Waals surface area contributed by atoms with Crippen LogP contribution in [-0.2, 0) is 18.6 Å². The van der Waals surface area contributed by atoms with E-state index in [-0.39, 0.29) is 23.7 Å². The zero-order valence-corrected chi connectivity index (χ0v) is 20.9. The highest BCUT2D eigenvalue weighted by Crippen LogP contribution is 2.32. The fourth-order valence-corrected chi connectivity index (χ4v) is 4.14. The van der Waals surface area contributed by atoms with Crippen molar-refractivity contribution in [2.24, 2.45) is 0 Å². The molecular weight excluding hydrogens is 438 g/mol. The van der Waals surface area contributed by atoms with Crippen molar-refractivity contribution in [1.29, 1.82) is 0 Å². The molecule has 0 saturated carbocycles. The molecule has 1 N–H and O–H groups in total. The molecule has 4 aromatic rings. The molecule has 182 valence electrons. The molecule has 0 aliphatic heterocycles. The third kappa shape index (κ3) is 6.01. The second-order valence-corrected chi connectivity index (χ2v) is 9.33. The number of aryl methyl sites for hydroxylation is 3. The fourth-order valence-electron chi connectivity index (χ4n) is 4.14. The van der Waals surface area contributed by atoms with E-state index < -0.39 is 0 Å². The van der Waals surface area contributed by atoms with Crippen LogP contribution in [0.4, 0.5) is 0 Å². The lowest BCUT2D eigenvalue weighted by atomic mass is 9.78. The molecule has 2 aromatic heterocycles. The number of hydrogen-bond acceptors (Lipinski definition) is 4. The maximum atomic E-state index is 12.4. The number of hydrogen-bond donors (Lipinski definition) is 1. The third-order valence-corrected chi connectivity index (χ3v) is 6.27. The van der Waals surface area contributed by atoms with Crippen LogP contribution in [0.1, 0.15) is 59.1 Å². The minimum absolute atomic E-state index is 0.0980. The number of carbonyl (C=O) groups excluding carboxylic acids is 1. The first-order valence-corrected chi connectivity index (χ1v) is 12.0. The number of ether oxygens (including phenoxy) is 1. The molecule has 0 radical (unpaired) electrons. The quantitative estimate of drug-likeness (QED) is 0.296. The van der Waals surface area contributed by atoms with Crippen molar-refractivity contribution in [3.05, 3.63) is 107 Å². The Kier molecular flexibility index (Phi) is 7.39. The Hall–Kier alpha value is -3.80. The van der Waals surface area contributed by atoms with Crippen LogP contribution in [0.2, 0.25) is 0 Å². The molecule has 0 unspecified atom stereocenters. The second kappa shape index (κ2) is 10.6. The molecule has 0 saturated heterocycles. The van der Waals surface area contributed by atoms with Gasteiger partial charge in [0.25, 0.3) is 5.91 Å². The third-order valence-electron chi connectivity index (χ3n) is 6.27. The first kappa shape index (κ1) is 24.3. The van der Waals surface area contributed by atoms with Crippen LogP contribution in [-0.4, -0.2) is 22.2 Å². The maximum absolute atomic E-state index is 12.4. The minimum atomic E-state index is -0.225. The summed E-state index contributed by atoms with van der Waals surface area (Å²) in [5, 5.41) is 7.34. The summed E-state index contributed by atoms with van der Waals surface area (Å²) < 4.78 is 13.5. The molecule has 0 aliphatic rings. The number of amides is 1. The van der Waals surface area contributed by atoms with Crippen molar-refractivity contribution in [1.82, 2.24) is 15.1 Å². The maximum Gasteiger partial charge on any atom is 0.286 e. The fraction of sp³-hybridized carbons (Fsp3) is 0.310. The first-order chi connectivity index (χ1) is 16.8. The zero-order chi connectivity index (χ0) is 24.8. The monoisotopic (exact) mass is 471 g/mol. The number of furan rings is 1. The molecular formula is C29H33N3O3. The van der Waals surface area contributed by atoms with Crippen molar-refractivity contribution in [3.8, 4) is 5.75 Å². The molecule has 0 fully saturated rings. The van der Waals surface area contributed by atoms with E-state index in [1.807, 2.05) is 42.8 Å². The predicted octanol–water partition coefficient (Wildman–Crippen LogP) is 5.82. The van der Waals surface area contributed by atoms with Crippen LogP contribution in [0.25, 0.3) is 0 Å². The van der Waals surface area contributed by atoms with Gasteiger partial charge in [0.15, 0.2) is 5.76 Å². The Morgan fingerprint density at radius 3 is 2.40 bits per heavy atom. The van der Waals surface area contributed by atoms with E-state index in [1.54, 1.807) is 12.1 Å². The number of nitrogens with zero attached hydrogens (tertiary/aromatic N) is 2. The molecule has 1 amide bonds. The van der Waals surface area contributed by atoms with Gasteiger partial charge in [-0.05, 0) is 61.7 Å². The van der Waals surface area contributed by atoms with Crippen LogP contribution < -0.4 is 10.1 Å². The van der Waals surface area contributed by atoms with Gasteiger partial charge < -0.3 is 14.5 Å². The van der Waals surface area contributed by atoms with Crippen molar-refractivity contribution in [2.75, 3.05) is 6.54 Å². The Labute approximate surface area is 206 Å². The van der Waals surface area contributed by atoms with E-state index in [0.717, 1.165) is 30.1 Å². The summed E-state index contributed by atoms with van der Waals surface area (Å²) in [7, 11) is 0. The average molecular weight is 472 g/mol. The van der Waals surface area contributed by atoms with Gasteiger partial charge in [-0.15, -0.1) is 0 Å². The highest BCUT2D eigenvalue weighted by atomic mass is 16.5. The Balaban J connectivity index is 1.25. The highest BCUT2D eigenvalue weighted by Gasteiger charge is 2.22. The number of carbonyl (C=O) groups is 1. The summed E-state index contributed by atoms with van der Waals surface area (Å²) >= 11 is 0. The lowest BCUT2D eigenvalue weighted by molar-refractivity contribution is 0.0920. The lowest BCUT2D eigenvalue weighted by Crippen LogP contribution is -2.25. The van der Waals surface area contributed by atoms with Gasteiger partial charge in [0.2, 0.25) is 0 Å². The molecule has 35 heavy (non-hydrogen) atoms. The van der Waals surface area contributed by atoms with Gasteiger partial charge in [-0.2, -0.15) is 5.10 Å². The van der Waals surface area contributed by atoms with E-state index in [4.69, 9.17) is 9.15 Å². The van der Waals surface area contributed by atoms with Crippen molar-refractivity contribution in [3.63, 3.8) is 0 Å². The number of nitrogens with one attached hydrogen (secondary N) is 1. The van der Waals surface area contributed by atoms with Crippen molar-refractivity contribution < 1.29 is 13.9 Å². The van der Waals surface area contributed by atoms with E-state index in [1.165, 1.54) is 11.1 Å². The molecule has 0 bridgehead atoms. The largest absolute Gasteiger partial charge is 0.486 e. The van der Waals surface area contributed by atoms with Gasteiger partial charge >= 0.3 is 0 Å². The molecule has 4 rings (SSSR count). The zero-order valence-electron chi connectivity index (χ0n) is 20.9. The molecule has 0 spiro atoms. The normalized spacial score (nSPS) is 11.4. The molecule has 0 atom stereocenters. The smallest absolute Gasteiger partial charge is 0.286 e. The van der Waals surface area contributed by atoms with Crippen LogP contribution >= 0.6 is 0 Å². The predicted molar refractivity (Wildman–Crippen MR) is 137 cm³/mol. The van der Waals surface area contributed by atoms with E-state index in [0.29, 0.717) is 12.3 Å². The first-order valence-electron chi connectivity index (χ1n) is 12.0. The summed E-state index contributed by atoms with van der Waals surface area (Å²) in [6.45, 7) is 10.0. The molecule has 0 aliphatic carbocycles. The van der Waals surface area contributed by atoms with Crippen LogP contribution in [0.5, 0.6) is 5.75 Å². The van der Waals surface area contributed by atoms with E-state index in [9.17, 15) is 4.79 Å². The summed E-state index contributed by atoms with van der Waals surface area (Å²) in [5.41, 5.74) is 4.51. The molecule has 6 nitrogen and oxygen atoms in total. The summed E-state index contributed by atoms with van der Waals surface area (Å²) in [6, 6.07) is 24.1. The Morgan fingerprint density at radius 2 is 1.71 bits per heavy atom. The van der Waals surface area contributed by atoms with Crippen LogP contribution in [0, 0.1) is 13.8 Å². The molecule has 2 aromatic carbocycles. The minimum Gasteiger partial charge on any atom is -0.486 e. The number of rotatable bonds is 10. The Morgan fingerprint density at radius 1 is 1.00 bits per heavy atom. The van der Waals surface area contributed by atoms with Gasteiger partial charge in [0.05, 0.1) is 5.69 Å². The average Bonchev–Trinajstić information content (AvgIpc) is 3.47. The second-order valence-electron chi connectivity index (χ2n) is 9.33. The number of benzene rings is 2. The Bertz CT molecular complexity index is 1250. The van der Waals surface area contributed by atoms with Gasteiger partial charge in [-0.1, -0.05) is 56.3 Å². The number of aromatic nitrogens is 2. The van der Waals surface area contributed by atoms with Crippen molar-refractivity contribution >= 4 is 5.91 Å². The van der Waals surface area contributed by atoms with Crippen molar-refractivity contribution in [2.45, 2.75) is 52.7 Å². The van der Waals surface area contributed by atoms with Gasteiger partial charge in [-0.25, -0.2) is 0 Å². The van der Waals surface area contributed by atoms with E-state index in [2.05, 4.69) is 60.7 Å². The topological polar surface area (TPSA) is 69.3 Å². The van der Waals surface area contributed by atoms with Gasteiger partial charge in [0.1, 0.15) is 18.1 Å².